The number of hydrogen-bond acceptors (Lipinski definition) is 5. The number of carbonyl (C=O) groups excluding carboxylic acids is 3. The molecule has 2 unspecified atom stereocenters. The van der Waals surface area contributed by atoms with E-state index < -0.39 is 6.04 Å². The van der Waals surface area contributed by atoms with E-state index in [0.717, 1.165) is 37.9 Å². The Morgan fingerprint density at radius 3 is 2.45 bits per heavy atom. The van der Waals surface area contributed by atoms with Crippen LogP contribution in [0.4, 0.5) is 0 Å². The molecular formula is C30H38N4O4. The fraction of sp³-hybridized carbons (Fsp3) is 0.500. The number of likely N-dealkylation sites (tertiary alicyclic amines) is 1. The molecule has 3 fully saturated rings. The lowest BCUT2D eigenvalue weighted by Crippen LogP contribution is -2.49. The average molecular weight is 519 g/mol. The van der Waals surface area contributed by atoms with Crippen LogP contribution in [-0.4, -0.2) is 90.9 Å². The van der Waals surface area contributed by atoms with E-state index in [2.05, 4.69) is 17.4 Å². The maximum Gasteiger partial charge on any atom is 0.254 e. The van der Waals surface area contributed by atoms with E-state index in [0.29, 0.717) is 50.3 Å². The molecule has 1 saturated carbocycles. The summed E-state index contributed by atoms with van der Waals surface area (Å²) in [5.74, 6) is 0.713. The largest absolute Gasteiger partial charge is 0.497 e. The normalized spacial score (nSPS) is 21.6. The van der Waals surface area contributed by atoms with E-state index in [-0.39, 0.29) is 29.7 Å². The van der Waals surface area contributed by atoms with Gasteiger partial charge in [0.15, 0.2) is 0 Å². The van der Waals surface area contributed by atoms with Gasteiger partial charge < -0.3 is 24.8 Å². The minimum Gasteiger partial charge on any atom is -0.497 e. The smallest absolute Gasteiger partial charge is 0.254 e. The number of nitrogens with one attached hydrogen (secondary N) is 1. The van der Waals surface area contributed by atoms with Gasteiger partial charge in [0, 0.05) is 44.2 Å². The molecule has 5 rings (SSSR count). The first-order valence-corrected chi connectivity index (χ1v) is 13.8. The fourth-order valence-corrected chi connectivity index (χ4v) is 5.60. The Morgan fingerprint density at radius 2 is 1.74 bits per heavy atom. The van der Waals surface area contributed by atoms with Crippen molar-refractivity contribution in [3.8, 4) is 5.75 Å². The second-order valence-corrected chi connectivity index (χ2v) is 10.6. The van der Waals surface area contributed by atoms with Gasteiger partial charge in [-0.1, -0.05) is 30.3 Å². The molecule has 0 radical (unpaired) electrons. The van der Waals surface area contributed by atoms with Crippen LogP contribution in [0.25, 0.3) is 0 Å². The second-order valence-electron chi connectivity index (χ2n) is 10.6. The van der Waals surface area contributed by atoms with Crippen molar-refractivity contribution in [2.75, 3.05) is 46.4 Å². The number of amides is 3. The standard InChI is InChI=1S/C30H38N4O4/c1-38-26-12-10-24(11-13-26)28(35)33(18-14-22-6-3-2-4-7-22)25-20-27(34(21-25)29(36)23-8-9-23)30(37)32-17-5-15-31-16-19-32/h2-4,6-7,10-13,23,25,27,31H,5,8-9,14-21H2,1H3. The van der Waals surface area contributed by atoms with Crippen LogP contribution in [0.15, 0.2) is 54.6 Å². The van der Waals surface area contributed by atoms with Crippen LogP contribution in [0.1, 0.15) is 41.6 Å². The molecule has 3 aliphatic rings. The van der Waals surface area contributed by atoms with Gasteiger partial charge in [0.25, 0.3) is 5.91 Å². The third-order valence-electron chi connectivity index (χ3n) is 7.95. The van der Waals surface area contributed by atoms with Crippen LogP contribution in [0.3, 0.4) is 0 Å². The van der Waals surface area contributed by atoms with Crippen molar-refractivity contribution in [1.29, 1.82) is 0 Å². The lowest BCUT2D eigenvalue weighted by Gasteiger charge is -2.29. The molecule has 8 heteroatoms. The van der Waals surface area contributed by atoms with Crippen LogP contribution >= 0.6 is 0 Å². The number of carbonyl (C=O) groups is 3. The van der Waals surface area contributed by atoms with Gasteiger partial charge >= 0.3 is 0 Å². The van der Waals surface area contributed by atoms with Crippen molar-refractivity contribution in [2.45, 2.75) is 44.2 Å². The predicted molar refractivity (Wildman–Crippen MR) is 145 cm³/mol. The predicted octanol–water partition coefficient (Wildman–Crippen LogP) is 2.58. The molecule has 2 aromatic rings. The Kier molecular flexibility index (Phi) is 8.27. The molecule has 2 heterocycles. The average Bonchev–Trinajstić information content (AvgIpc) is 3.77. The van der Waals surface area contributed by atoms with Crippen LogP contribution in [-0.2, 0) is 16.0 Å². The minimum atomic E-state index is -0.519. The highest BCUT2D eigenvalue weighted by Crippen LogP contribution is 2.35. The SMILES string of the molecule is COc1ccc(C(=O)N(CCc2ccccc2)C2CC(C(=O)N3CCCNCC3)N(C(=O)C3CC3)C2)cc1. The summed E-state index contributed by atoms with van der Waals surface area (Å²) < 4.78 is 5.27. The van der Waals surface area contributed by atoms with Crippen LogP contribution in [0.5, 0.6) is 5.75 Å². The number of rotatable bonds is 8. The summed E-state index contributed by atoms with van der Waals surface area (Å²) in [5, 5.41) is 3.35. The van der Waals surface area contributed by atoms with Crippen molar-refractivity contribution < 1.29 is 19.1 Å². The Bertz CT molecular complexity index is 1110. The summed E-state index contributed by atoms with van der Waals surface area (Å²) >= 11 is 0. The van der Waals surface area contributed by atoms with Gasteiger partial charge in [-0.3, -0.25) is 14.4 Å². The van der Waals surface area contributed by atoms with Crippen molar-refractivity contribution in [3.05, 3.63) is 65.7 Å². The van der Waals surface area contributed by atoms with Crippen molar-refractivity contribution >= 4 is 17.7 Å². The summed E-state index contributed by atoms with van der Waals surface area (Å²) in [6, 6.07) is 16.5. The number of ether oxygens (including phenoxy) is 1. The van der Waals surface area contributed by atoms with Gasteiger partial charge in [-0.05, 0) is 68.5 Å². The molecule has 2 saturated heterocycles. The van der Waals surface area contributed by atoms with Crippen molar-refractivity contribution in [1.82, 2.24) is 20.0 Å². The first kappa shape index (κ1) is 26.2. The molecule has 2 aromatic carbocycles. The second kappa shape index (κ2) is 12.0. The summed E-state index contributed by atoms with van der Waals surface area (Å²) in [5.41, 5.74) is 1.72. The highest BCUT2D eigenvalue weighted by atomic mass is 16.5. The van der Waals surface area contributed by atoms with Crippen molar-refractivity contribution in [3.63, 3.8) is 0 Å². The maximum absolute atomic E-state index is 13.9. The van der Waals surface area contributed by atoms with E-state index in [1.54, 1.807) is 36.3 Å². The molecule has 0 spiro atoms. The van der Waals surface area contributed by atoms with Gasteiger partial charge in [0.1, 0.15) is 11.8 Å². The third kappa shape index (κ3) is 6.01. The lowest BCUT2D eigenvalue weighted by molar-refractivity contribution is -0.144. The summed E-state index contributed by atoms with van der Waals surface area (Å²) in [6.07, 6.45) is 3.84. The van der Waals surface area contributed by atoms with Crippen LogP contribution < -0.4 is 10.1 Å². The highest BCUT2D eigenvalue weighted by molar-refractivity contribution is 5.95. The minimum absolute atomic E-state index is 0.0184. The Labute approximate surface area is 224 Å². The Balaban J connectivity index is 1.40. The highest BCUT2D eigenvalue weighted by Gasteiger charge is 2.47. The molecule has 0 aromatic heterocycles. The summed E-state index contributed by atoms with van der Waals surface area (Å²) in [6.45, 7) is 3.91. The first-order valence-electron chi connectivity index (χ1n) is 13.8. The molecule has 0 bridgehead atoms. The molecule has 3 amide bonds. The topological polar surface area (TPSA) is 82.2 Å². The molecule has 202 valence electrons. The quantitative estimate of drug-likeness (QED) is 0.581. The molecule has 2 atom stereocenters. The lowest BCUT2D eigenvalue weighted by atomic mass is 10.1. The number of methoxy groups -OCH3 is 1. The maximum atomic E-state index is 13.9. The fourth-order valence-electron chi connectivity index (χ4n) is 5.60. The van der Waals surface area contributed by atoms with E-state index >= 15 is 0 Å². The Morgan fingerprint density at radius 1 is 0.974 bits per heavy atom. The molecule has 1 aliphatic carbocycles. The Hall–Kier alpha value is -3.39. The first-order chi connectivity index (χ1) is 18.5. The van der Waals surface area contributed by atoms with E-state index in [1.165, 1.54) is 0 Å². The van der Waals surface area contributed by atoms with Gasteiger partial charge in [-0.15, -0.1) is 0 Å². The monoisotopic (exact) mass is 518 g/mol. The van der Waals surface area contributed by atoms with Crippen molar-refractivity contribution in [2.24, 2.45) is 5.92 Å². The van der Waals surface area contributed by atoms with E-state index in [1.807, 2.05) is 28.0 Å². The van der Waals surface area contributed by atoms with Gasteiger partial charge in [0.05, 0.1) is 13.2 Å². The molecule has 8 nitrogen and oxygen atoms in total. The zero-order valence-electron chi connectivity index (χ0n) is 22.2. The van der Waals surface area contributed by atoms with Crippen LogP contribution in [0, 0.1) is 5.92 Å². The number of benzene rings is 2. The molecule has 38 heavy (non-hydrogen) atoms. The van der Waals surface area contributed by atoms with Gasteiger partial charge in [-0.2, -0.15) is 0 Å². The summed E-state index contributed by atoms with van der Waals surface area (Å²) in [7, 11) is 1.60. The third-order valence-corrected chi connectivity index (χ3v) is 7.95. The number of hydrogen-bond donors (Lipinski definition) is 1. The van der Waals surface area contributed by atoms with Gasteiger partial charge in [0.2, 0.25) is 11.8 Å². The zero-order valence-corrected chi connectivity index (χ0v) is 22.2. The molecule has 1 N–H and O–H groups in total. The number of nitrogens with zero attached hydrogens (tertiary/aromatic N) is 3. The van der Waals surface area contributed by atoms with E-state index in [9.17, 15) is 14.4 Å². The van der Waals surface area contributed by atoms with Gasteiger partial charge in [-0.25, -0.2) is 0 Å². The molecular weight excluding hydrogens is 480 g/mol. The van der Waals surface area contributed by atoms with Crippen LogP contribution in [0.2, 0.25) is 0 Å². The zero-order chi connectivity index (χ0) is 26.5. The molecule has 2 aliphatic heterocycles. The van der Waals surface area contributed by atoms with E-state index in [4.69, 9.17) is 4.74 Å². The summed E-state index contributed by atoms with van der Waals surface area (Å²) in [4.78, 5) is 46.6.